The highest BCUT2D eigenvalue weighted by Crippen LogP contribution is 2.27. The van der Waals surface area contributed by atoms with E-state index in [-0.39, 0.29) is 5.92 Å². The van der Waals surface area contributed by atoms with E-state index < -0.39 is 0 Å². The van der Waals surface area contributed by atoms with Gasteiger partial charge in [0.25, 0.3) is 0 Å². The van der Waals surface area contributed by atoms with Crippen molar-refractivity contribution in [3.63, 3.8) is 0 Å². The Balaban J connectivity index is 2.35. The quantitative estimate of drug-likeness (QED) is 0.713. The standard InChI is InChI=1S/C18H18O/c1-4-14(2)17-12-10-16(11-13-18(17)19-3)15-8-6-5-7-9-15/h4-13,16H,1-2H2,3H3. The van der Waals surface area contributed by atoms with Crippen LogP contribution in [0.1, 0.15) is 11.5 Å². The predicted molar refractivity (Wildman–Crippen MR) is 80.8 cm³/mol. The van der Waals surface area contributed by atoms with E-state index in [9.17, 15) is 0 Å². The van der Waals surface area contributed by atoms with E-state index in [0.717, 1.165) is 16.9 Å². The molecule has 0 aromatic heterocycles. The Hall–Kier alpha value is -2.28. The zero-order chi connectivity index (χ0) is 13.7. The number of benzene rings is 1. The summed E-state index contributed by atoms with van der Waals surface area (Å²) in [4.78, 5) is 0. The average molecular weight is 250 g/mol. The first-order valence-electron chi connectivity index (χ1n) is 6.27. The Morgan fingerprint density at radius 1 is 1.16 bits per heavy atom. The van der Waals surface area contributed by atoms with Gasteiger partial charge in [-0.2, -0.15) is 0 Å². The van der Waals surface area contributed by atoms with Crippen molar-refractivity contribution in [2.75, 3.05) is 7.11 Å². The Morgan fingerprint density at radius 2 is 1.84 bits per heavy atom. The molecule has 0 saturated heterocycles. The maximum absolute atomic E-state index is 5.42. The van der Waals surface area contributed by atoms with Gasteiger partial charge in [-0.1, -0.05) is 67.8 Å². The molecule has 1 heteroatoms. The molecule has 0 heterocycles. The largest absolute Gasteiger partial charge is 0.496 e. The van der Waals surface area contributed by atoms with E-state index >= 15 is 0 Å². The van der Waals surface area contributed by atoms with E-state index in [1.807, 2.05) is 12.1 Å². The number of hydrogen-bond acceptors (Lipinski definition) is 1. The van der Waals surface area contributed by atoms with Crippen LogP contribution in [-0.4, -0.2) is 7.11 Å². The van der Waals surface area contributed by atoms with Gasteiger partial charge < -0.3 is 4.74 Å². The van der Waals surface area contributed by atoms with Crippen molar-refractivity contribution in [2.24, 2.45) is 0 Å². The second-order valence-electron chi connectivity index (χ2n) is 4.37. The maximum Gasteiger partial charge on any atom is 0.126 e. The fourth-order valence-corrected chi connectivity index (χ4v) is 2.08. The summed E-state index contributed by atoms with van der Waals surface area (Å²) in [6, 6.07) is 10.4. The van der Waals surface area contributed by atoms with Crippen LogP contribution in [0.3, 0.4) is 0 Å². The van der Waals surface area contributed by atoms with E-state index in [4.69, 9.17) is 4.74 Å². The molecule has 1 unspecified atom stereocenters. The predicted octanol–water partition coefficient (Wildman–Crippen LogP) is 4.54. The molecule has 1 aliphatic carbocycles. The van der Waals surface area contributed by atoms with Crippen LogP contribution in [0.5, 0.6) is 0 Å². The first-order valence-corrected chi connectivity index (χ1v) is 6.27. The number of rotatable bonds is 4. The monoisotopic (exact) mass is 250 g/mol. The third-order valence-electron chi connectivity index (χ3n) is 3.19. The normalized spacial score (nSPS) is 18.1. The summed E-state index contributed by atoms with van der Waals surface area (Å²) in [6.45, 7) is 7.76. The minimum Gasteiger partial charge on any atom is -0.496 e. The first kappa shape index (κ1) is 13.2. The van der Waals surface area contributed by atoms with Gasteiger partial charge in [0.2, 0.25) is 0 Å². The average Bonchev–Trinajstić information content (AvgIpc) is 2.69. The van der Waals surface area contributed by atoms with Gasteiger partial charge in [-0.15, -0.1) is 0 Å². The molecule has 0 saturated carbocycles. The van der Waals surface area contributed by atoms with Crippen LogP contribution >= 0.6 is 0 Å². The van der Waals surface area contributed by atoms with E-state index in [1.165, 1.54) is 5.56 Å². The highest BCUT2D eigenvalue weighted by Gasteiger charge is 2.11. The van der Waals surface area contributed by atoms with Gasteiger partial charge in [0.05, 0.1) is 7.11 Å². The van der Waals surface area contributed by atoms with Crippen molar-refractivity contribution in [1.82, 2.24) is 0 Å². The molecule has 96 valence electrons. The zero-order valence-electron chi connectivity index (χ0n) is 11.2. The van der Waals surface area contributed by atoms with Crippen molar-refractivity contribution in [3.8, 4) is 0 Å². The lowest BCUT2D eigenvalue weighted by atomic mass is 9.98. The maximum atomic E-state index is 5.42. The lowest BCUT2D eigenvalue weighted by Crippen LogP contribution is -1.90. The van der Waals surface area contributed by atoms with Gasteiger partial charge in [-0.25, -0.2) is 0 Å². The molecule has 0 N–H and O–H groups in total. The second kappa shape index (κ2) is 6.05. The molecular formula is C18H18O. The molecule has 19 heavy (non-hydrogen) atoms. The third-order valence-corrected chi connectivity index (χ3v) is 3.19. The van der Waals surface area contributed by atoms with Gasteiger partial charge >= 0.3 is 0 Å². The van der Waals surface area contributed by atoms with Crippen molar-refractivity contribution in [2.45, 2.75) is 5.92 Å². The number of hydrogen-bond donors (Lipinski definition) is 0. The van der Waals surface area contributed by atoms with Crippen molar-refractivity contribution >= 4 is 0 Å². The molecule has 1 aromatic carbocycles. The topological polar surface area (TPSA) is 9.23 Å². The van der Waals surface area contributed by atoms with E-state index in [1.54, 1.807) is 13.2 Å². The summed E-state index contributed by atoms with van der Waals surface area (Å²) in [6.07, 6.45) is 10.1. The molecule has 0 spiro atoms. The number of ether oxygens (including phenoxy) is 1. The lowest BCUT2D eigenvalue weighted by Gasteiger charge is -2.06. The summed E-state index contributed by atoms with van der Waals surface area (Å²) in [5.74, 6) is 1.07. The lowest BCUT2D eigenvalue weighted by molar-refractivity contribution is 0.304. The Morgan fingerprint density at radius 3 is 2.47 bits per heavy atom. The summed E-state index contributed by atoms with van der Waals surface area (Å²) in [7, 11) is 1.67. The Kier molecular flexibility index (Phi) is 4.19. The van der Waals surface area contributed by atoms with Crippen molar-refractivity contribution < 1.29 is 4.74 Å². The molecule has 1 atom stereocenters. The number of methoxy groups -OCH3 is 1. The van der Waals surface area contributed by atoms with E-state index in [2.05, 4.69) is 55.7 Å². The van der Waals surface area contributed by atoms with Crippen LogP contribution in [-0.2, 0) is 4.74 Å². The van der Waals surface area contributed by atoms with Crippen LogP contribution in [0.25, 0.3) is 0 Å². The minimum absolute atomic E-state index is 0.251. The molecule has 0 amide bonds. The fraction of sp³-hybridized carbons (Fsp3) is 0.111. The fourth-order valence-electron chi connectivity index (χ4n) is 2.08. The zero-order valence-corrected chi connectivity index (χ0v) is 11.2. The van der Waals surface area contributed by atoms with Crippen molar-refractivity contribution in [3.05, 3.63) is 96.3 Å². The summed E-state index contributed by atoms with van der Waals surface area (Å²) in [5.41, 5.74) is 3.11. The van der Waals surface area contributed by atoms with Crippen LogP contribution in [0.2, 0.25) is 0 Å². The Labute approximate surface area is 114 Å². The minimum atomic E-state index is 0.251. The molecule has 1 nitrogen and oxygen atoms in total. The summed E-state index contributed by atoms with van der Waals surface area (Å²) >= 11 is 0. The molecule has 1 aliphatic rings. The summed E-state index contributed by atoms with van der Waals surface area (Å²) in [5, 5.41) is 0. The Bertz CT molecular complexity index is 559. The molecule has 0 radical (unpaired) electrons. The molecule has 0 fully saturated rings. The van der Waals surface area contributed by atoms with Crippen molar-refractivity contribution in [1.29, 1.82) is 0 Å². The highest BCUT2D eigenvalue weighted by atomic mass is 16.5. The smallest absolute Gasteiger partial charge is 0.126 e. The number of allylic oxidation sites excluding steroid dienone is 7. The third kappa shape index (κ3) is 2.94. The molecular weight excluding hydrogens is 232 g/mol. The molecule has 2 rings (SSSR count). The van der Waals surface area contributed by atoms with Gasteiger partial charge in [0, 0.05) is 11.5 Å². The highest BCUT2D eigenvalue weighted by molar-refractivity contribution is 5.51. The second-order valence-corrected chi connectivity index (χ2v) is 4.37. The molecule has 1 aromatic rings. The van der Waals surface area contributed by atoms with Gasteiger partial charge in [-0.3, -0.25) is 0 Å². The SMILES string of the molecule is C=CC(=C)C1=C(OC)C=CC(c2ccccc2)C=C1. The van der Waals surface area contributed by atoms with Gasteiger partial charge in [0.15, 0.2) is 0 Å². The van der Waals surface area contributed by atoms with Crippen LogP contribution in [0.15, 0.2) is 90.8 Å². The van der Waals surface area contributed by atoms with Crippen LogP contribution in [0.4, 0.5) is 0 Å². The van der Waals surface area contributed by atoms with Gasteiger partial charge in [-0.05, 0) is 17.2 Å². The van der Waals surface area contributed by atoms with Gasteiger partial charge in [0.1, 0.15) is 5.76 Å². The van der Waals surface area contributed by atoms with Crippen LogP contribution < -0.4 is 0 Å². The molecule has 0 bridgehead atoms. The summed E-state index contributed by atoms with van der Waals surface area (Å²) < 4.78 is 5.42. The first-order chi connectivity index (χ1) is 9.26. The van der Waals surface area contributed by atoms with E-state index in [0.29, 0.717) is 0 Å². The molecule has 0 aliphatic heterocycles. The van der Waals surface area contributed by atoms with Crippen LogP contribution in [0, 0.1) is 0 Å².